The van der Waals surface area contributed by atoms with Crippen LogP contribution in [0.1, 0.15) is 26.2 Å². The van der Waals surface area contributed by atoms with Crippen molar-refractivity contribution < 1.29 is 9.53 Å². The predicted octanol–water partition coefficient (Wildman–Crippen LogP) is 0.703. The van der Waals surface area contributed by atoms with Gasteiger partial charge < -0.3 is 15.4 Å². The molecule has 1 unspecified atom stereocenters. The van der Waals surface area contributed by atoms with Crippen molar-refractivity contribution in [2.75, 3.05) is 26.7 Å². The van der Waals surface area contributed by atoms with Crippen LogP contribution in [0.5, 0.6) is 0 Å². The number of halogens is 1. The van der Waals surface area contributed by atoms with Crippen molar-refractivity contribution in [2.24, 2.45) is 0 Å². The number of carbonyl (C=O) groups excluding carboxylic acids is 1. The van der Waals surface area contributed by atoms with Crippen LogP contribution in [0.3, 0.4) is 0 Å². The zero-order chi connectivity index (χ0) is 10.4. The lowest BCUT2D eigenvalue weighted by Gasteiger charge is -2.23. The Hall–Kier alpha value is -0.320. The van der Waals surface area contributed by atoms with Crippen molar-refractivity contribution >= 4 is 18.3 Å². The van der Waals surface area contributed by atoms with Crippen molar-refractivity contribution in [3.8, 4) is 0 Å². The highest BCUT2D eigenvalue weighted by Gasteiger charge is 2.29. The highest BCUT2D eigenvalue weighted by molar-refractivity contribution is 5.85. The highest BCUT2D eigenvalue weighted by atomic mass is 35.5. The van der Waals surface area contributed by atoms with Crippen LogP contribution in [0.15, 0.2) is 0 Å². The standard InChI is InChI=1S/C10H20N2O2.ClH/c1-10(5-3-7-14-10)8-12-9(13)4-6-11-2;/h11H,3-8H2,1-2H3,(H,12,13);1H. The Morgan fingerprint density at radius 2 is 2.27 bits per heavy atom. The summed E-state index contributed by atoms with van der Waals surface area (Å²) in [5.74, 6) is 0.0936. The molecule has 15 heavy (non-hydrogen) atoms. The Balaban J connectivity index is 0.00000196. The number of nitrogens with one attached hydrogen (secondary N) is 2. The zero-order valence-electron chi connectivity index (χ0n) is 9.47. The molecule has 1 heterocycles. The fourth-order valence-electron chi connectivity index (χ4n) is 1.59. The van der Waals surface area contributed by atoms with Gasteiger partial charge in [-0.1, -0.05) is 0 Å². The second-order valence-electron chi connectivity index (χ2n) is 4.03. The van der Waals surface area contributed by atoms with E-state index in [1.807, 2.05) is 7.05 Å². The molecule has 0 aromatic heterocycles. The molecule has 1 saturated heterocycles. The lowest BCUT2D eigenvalue weighted by molar-refractivity contribution is -0.122. The van der Waals surface area contributed by atoms with Gasteiger partial charge in [0.2, 0.25) is 5.91 Å². The molecule has 1 fully saturated rings. The van der Waals surface area contributed by atoms with E-state index < -0.39 is 0 Å². The third-order valence-corrected chi connectivity index (χ3v) is 2.56. The van der Waals surface area contributed by atoms with Gasteiger partial charge in [-0.05, 0) is 26.8 Å². The molecule has 1 amide bonds. The first kappa shape index (κ1) is 14.7. The van der Waals surface area contributed by atoms with E-state index >= 15 is 0 Å². The number of hydrogen-bond acceptors (Lipinski definition) is 3. The average Bonchev–Trinajstić information content (AvgIpc) is 2.60. The van der Waals surface area contributed by atoms with E-state index in [4.69, 9.17) is 4.74 Å². The Morgan fingerprint density at radius 3 is 2.80 bits per heavy atom. The van der Waals surface area contributed by atoms with Crippen molar-refractivity contribution in [3.63, 3.8) is 0 Å². The van der Waals surface area contributed by atoms with E-state index in [0.29, 0.717) is 13.0 Å². The number of hydrogen-bond donors (Lipinski definition) is 2. The Bertz CT molecular complexity index is 194. The molecule has 0 saturated carbocycles. The lowest BCUT2D eigenvalue weighted by atomic mass is 10.0. The van der Waals surface area contributed by atoms with E-state index in [2.05, 4.69) is 17.6 Å². The molecule has 0 aromatic carbocycles. The van der Waals surface area contributed by atoms with Gasteiger partial charge in [-0.2, -0.15) is 0 Å². The summed E-state index contributed by atoms with van der Waals surface area (Å²) in [6, 6.07) is 0. The zero-order valence-corrected chi connectivity index (χ0v) is 10.3. The number of carbonyl (C=O) groups is 1. The second kappa shape index (κ2) is 7.04. The second-order valence-corrected chi connectivity index (χ2v) is 4.03. The first-order valence-electron chi connectivity index (χ1n) is 5.21. The van der Waals surface area contributed by atoms with Crippen molar-refractivity contribution in [1.82, 2.24) is 10.6 Å². The van der Waals surface area contributed by atoms with E-state index in [1.54, 1.807) is 0 Å². The number of rotatable bonds is 5. The van der Waals surface area contributed by atoms with Gasteiger partial charge in [0.25, 0.3) is 0 Å². The van der Waals surface area contributed by atoms with E-state index in [0.717, 1.165) is 26.0 Å². The van der Waals surface area contributed by atoms with Crippen LogP contribution in [0.2, 0.25) is 0 Å². The summed E-state index contributed by atoms with van der Waals surface area (Å²) in [5.41, 5.74) is -0.130. The summed E-state index contributed by atoms with van der Waals surface area (Å²) < 4.78 is 5.56. The monoisotopic (exact) mass is 236 g/mol. The van der Waals surface area contributed by atoms with Crippen molar-refractivity contribution in [2.45, 2.75) is 31.8 Å². The molecule has 0 aliphatic carbocycles. The SMILES string of the molecule is CNCCC(=O)NCC1(C)CCCO1.Cl. The van der Waals surface area contributed by atoms with Gasteiger partial charge in [-0.3, -0.25) is 4.79 Å². The maximum Gasteiger partial charge on any atom is 0.221 e. The van der Waals surface area contributed by atoms with Crippen LogP contribution >= 0.6 is 12.4 Å². The molecule has 5 heteroatoms. The summed E-state index contributed by atoms with van der Waals surface area (Å²) in [6.07, 6.45) is 2.68. The minimum absolute atomic E-state index is 0. The highest BCUT2D eigenvalue weighted by Crippen LogP contribution is 2.23. The molecule has 0 aromatic rings. The van der Waals surface area contributed by atoms with Crippen molar-refractivity contribution in [1.29, 1.82) is 0 Å². The normalized spacial score (nSPS) is 24.7. The fourth-order valence-corrected chi connectivity index (χ4v) is 1.59. The van der Waals surface area contributed by atoms with Crippen LogP contribution in [0.25, 0.3) is 0 Å². The summed E-state index contributed by atoms with van der Waals surface area (Å²) in [7, 11) is 1.84. The van der Waals surface area contributed by atoms with Gasteiger partial charge in [0.1, 0.15) is 0 Å². The predicted molar refractivity (Wildman–Crippen MR) is 62.4 cm³/mol. The van der Waals surface area contributed by atoms with Gasteiger partial charge >= 0.3 is 0 Å². The Kier molecular flexibility index (Phi) is 6.89. The first-order chi connectivity index (χ1) is 6.66. The lowest BCUT2D eigenvalue weighted by Crippen LogP contribution is -2.40. The van der Waals surface area contributed by atoms with E-state index in [1.165, 1.54) is 0 Å². The van der Waals surface area contributed by atoms with Crippen molar-refractivity contribution in [3.05, 3.63) is 0 Å². The minimum atomic E-state index is -0.130. The van der Waals surface area contributed by atoms with E-state index in [9.17, 15) is 4.79 Å². The molecule has 0 bridgehead atoms. The quantitative estimate of drug-likeness (QED) is 0.739. The summed E-state index contributed by atoms with van der Waals surface area (Å²) in [4.78, 5) is 11.3. The average molecular weight is 237 g/mol. The van der Waals surface area contributed by atoms with Crippen LogP contribution in [0, 0.1) is 0 Å². The van der Waals surface area contributed by atoms with Gasteiger partial charge in [-0.15, -0.1) is 12.4 Å². The first-order valence-corrected chi connectivity index (χ1v) is 5.21. The molecule has 1 aliphatic heterocycles. The maximum atomic E-state index is 11.3. The smallest absolute Gasteiger partial charge is 0.221 e. The molecule has 2 N–H and O–H groups in total. The Labute approximate surface area is 97.5 Å². The molecular formula is C10H21ClN2O2. The van der Waals surface area contributed by atoms with E-state index in [-0.39, 0.29) is 23.9 Å². The third kappa shape index (κ3) is 5.35. The van der Waals surface area contributed by atoms with Gasteiger partial charge in [0, 0.05) is 26.1 Å². The molecule has 0 radical (unpaired) electrons. The van der Waals surface area contributed by atoms with Gasteiger partial charge in [0.05, 0.1) is 5.60 Å². The Morgan fingerprint density at radius 1 is 1.53 bits per heavy atom. The molecule has 1 atom stereocenters. The molecule has 1 rings (SSSR count). The van der Waals surface area contributed by atoms with Crippen LogP contribution in [-0.4, -0.2) is 38.3 Å². The summed E-state index contributed by atoms with van der Waals surface area (Å²) >= 11 is 0. The molecular weight excluding hydrogens is 216 g/mol. The van der Waals surface area contributed by atoms with Gasteiger partial charge in [-0.25, -0.2) is 0 Å². The minimum Gasteiger partial charge on any atom is -0.373 e. The largest absolute Gasteiger partial charge is 0.373 e. The number of ether oxygens (including phenoxy) is 1. The van der Waals surface area contributed by atoms with Gasteiger partial charge in [0.15, 0.2) is 0 Å². The summed E-state index contributed by atoms with van der Waals surface area (Å²) in [6.45, 7) is 4.24. The van der Waals surface area contributed by atoms with Crippen LogP contribution < -0.4 is 10.6 Å². The fraction of sp³-hybridized carbons (Fsp3) is 0.900. The van der Waals surface area contributed by atoms with Crippen LogP contribution in [-0.2, 0) is 9.53 Å². The third-order valence-electron chi connectivity index (χ3n) is 2.56. The number of amides is 1. The molecule has 4 nitrogen and oxygen atoms in total. The topological polar surface area (TPSA) is 50.4 Å². The molecule has 1 aliphatic rings. The van der Waals surface area contributed by atoms with Crippen LogP contribution in [0.4, 0.5) is 0 Å². The molecule has 0 spiro atoms. The summed E-state index contributed by atoms with van der Waals surface area (Å²) in [5, 5.41) is 5.84. The maximum absolute atomic E-state index is 11.3. The molecule has 90 valence electrons.